The molecule has 0 bridgehead atoms. The monoisotopic (exact) mass is 367 g/mol. The van der Waals surface area contributed by atoms with Gasteiger partial charge in [-0.25, -0.2) is 0 Å². The van der Waals surface area contributed by atoms with Crippen molar-refractivity contribution in [2.45, 2.75) is 20.1 Å². The molecule has 0 aliphatic carbocycles. The Kier molecular flexibility index (Phi) is 9.31. The van der Waals surface area contributed by atoms with Gasteiger partial charge in [0.15, 0.2) is 11.5 Å². The molecule has 0 aliphatic heterocycles. The maximum absolute atomic E-state index is 6.20. The molecule has 0 aromatic heterocycles. The summed E-state index contributed by atoms with van der Waals surface area (Å²) in [6.45, 7) is 8.09. The van der Waals surface area contributed by atoms with Crippen LogP contribution < -0.4 is 14.8 Å². The summed E-state index contributed by atoms with van der Waals surface area (Å²) in [6.07, 6.45) is 1.83. The Bertz CT molecular complexity index is 647. The highest BCUT2D eigenvalue weighted by Crippen LogP contribution is 2.32. The lowest BCUT2D eigenvalue weighted by atomic mass is 10.1. The van der Waals surface area contributed by atoms with Crippen molar-refractivity contribution >= 4 is 24.0 Å². The van der Waals surface area contributed by atoms with E-state index in [-0.39, 0.29) is 12.4 Å². The van der Waals surface area contributed by atoms with Crippen molar-refractivity contribution in [2.24, 2.45) is 0 Å². The third-order valence-corrected chi connectivity index (χ3v) is 3.66. The molecular formula is C19H23Cl2NO2. The molecule has 0 saturated carbocycles. The van der Waals surface area contributed by atoms with E-state index in [4.69, 9.17) is 21.1 Å². The van der Waals surface area contributed by atoms with Crippen molar-refractivity contribution in [3.8, 4) is 11.5 Å². The summed E-state index contributed by atoms with van der Waals surface area (Å²) in [4.78, 5) is 0. The number of para-hydroxylation sites is 1. The molecule has 0 aliphatic rings. The van der Waals surface area contributed by atoms with Crippen LogP contribution in [0.2, 0.25) is 5.02 Å². The number of halogens is 2. The minimum atomic E-state index is 0. The standard InChI is InChI=1S/C19H22ClNO2.ClH/c1-3-12-21-13-15-9-7-11-18(22-4-2)19(15)23-14-16-8-5-6-10-17(16)20;/h3,5-11,21H,1,4,12-14H2,2H3;1H. The number of hydrogen-bond acceptors (Lipinski definition) is 3. The summed E-state index contributed by atoms with van der Waals surface area (Å²) in [5.41, 5.74) is 2.00. The van der Waals surface area contributed by atoms with E-state index in [9.17, 15) is 0 Å². The molecular weight excluding hydrogens is 345 g/mol. The summed E-state index contributed by atoms with van der Waals surface area (Å²) in [6, 6.07) is 13.6. The molecule has 0 spiro atoms. The Morgan fingerprint density at radius 2 is 1.83 bits per heavy atom. The molecule has 130 valence electrons. The van der Waals surface area contributed by atoms with E-state index in [2.05, 4.69) is 11.9 Å². The van der Waals surface area contributed by atoms with Crippen LogP contribution in [0, 0.1) is 0 Å². The van der Waals surface area contributed by atoms with Crippen LogP contribution >= 0.6 is 24.0 Å². The van der Waals surface area contributed by atoms with Gasteiger partial charge in [-0.1, -0.05) is 48.0 Å². The van der Waals surface area contributed by atoms with Gasteiger partial charge < -0.3 is 14.8 Å². The van der Waals surface area contributed by atoms with Crippen molar-refractivity contribution < 1.29 is 9.47 Å². The molecule has 0 atom stereocenters. The van der Waals surface area contributed by atoms with Crippen LogP contribution in [-0.2, 0) is 13.2 Å². The highest BCUT2D eigenvalue weighted by atomic mass is 35.5. The van der Waals surface area contributed by atoms with E-state index in [1.54, 1.807) is 0 Å². The number of ether oxygens (including phenoxy) is 2. The molecule has 2 aromatic rings. The predicted octanol–water partition coefficient (Wildman–Crippen LogP) is 5.02. The minimum Gasteiger partial charge on any atom is -0.490 e. The van der Waals surface area contributed by atoms with Crippen molar-refractivity contribution in [2.75, 3.05) is 13.2 Å². The highest BCUT2D eigenvalue weighted by molar-refractivity contribution is 6.31. The van der Waals surface area contributed by atoms with Gasteiger partial charge in [0, 0.05) is 29.2 Å². The maximum Gasteiger partial charge on any atom is 0.166 e. The van der Waals surface area contributed by atoms with Crippen molar-refractivity contribution in [3.05, 3.63) is 71.3 Å². The van der Waals surface area contributed by atoms with Crippen LogP contribution in [0.1, 0.15) is 18.1 Å². The Labute approximate surface area is 155 Å². The lowest BCUT2D eigenvalue weighted by molar-refractivity contribution is 0.266. The van der Waals surface area contributed by atoms with Crippen molar-refractivity contribution in [3.63, 3.8) is 0 Å². The van der Waals surface area contributed by atoms with Gasteiger partial charge in [0.1, 0.15) is 6.61 Å². The average molecular weight is 368 g/mol. The zero-order valence-electron chi connectivity index (χ0n) is 13.8. The molecule has 24 heavy (non-hydrogen) atoms. The summed E-state index contributed by atoms with van der Waals surface area (Å²) >= 11 is 6.20. The van der Waals surface area contributed by atoms with Crippen LogP contribution in [0.15, 0.2) is 55.1 Å². The third-order valence-electron chi connectivity index (χ3n) is 3.29. The highest BCUT2D eigenvalue weighted by Gasteiger charge is 2.12. The van der Waals surface area contributed by atoms with Gasteiger partial charge in [0.2, 0.25) is 0 Å². The summed E-state index contributed by atoms with van der Waals surface area (Å²) in [5.74, 6) is 1.50. The van der Waals surface area contributed by atoms with Crippen LogP contribution in [-0.4, -0.2) is 13.2 Å². The molecule has 0 amide bonds. The van der Waals surface area contributed by atoms with Gasteiger partial charge in [-0.3, -0.25) is 0 Å². The molecule has 2 aromatic carbocycles. The second-order valence-corrected chi connectivity index (χ2v) is 5.38. The second-order valence-electron chi connectivity index (χ2n) is 4.98. The first kappa shape index (κ1) is 20.4. The normalized spacial score (nSPS) is 9.92. The van der Waals surface area contributed by atoms with Gasteiger partial charge in [-0.2, -0.15) is 0 Å². The lowest BCUT2D eigenvalue weighted by Crippen LogP contribution is -2.14. The third kappa shape index (κ3) is 5.75. The number of rotatable bonds is 9. The summed E-state index contributed by atoms with van der Waals surface area (Å²) in [5, 5.41) is 3.99. The topological polar surface area (TPSA) is 30.5 Å². The first-order chi connectivity index (χ1) is 11.3. The second kappa shape index (κ2) is 11.0. The molecule has 0 heterocycles. The Hall–Kier alpha value is -1.68. The number of nitrogens with one attached hydrogen (secondary N) is 1. The Morgan fingerprint density at radius 3 is 2.54 bits per heavy atom. The zero-order valence-corrected chi connectivity index (χ0v) is 15.3. The summed E-state index contributed by atoms with van der Waals surface area (Å²) in [7, 11) is 0. The van der Waals surface area contributed by atoms with Crippen LogP contribution in [0.5, 0.6) is 11.5 Å². The fourth-order valence-corrected chi connectivity index (χ4v) is 2.40. The van der Waals surface area contributed by atoms with E-state index in [0.29, 0.717) is 24.8 Å². The minimum absolute atomic E-state index is 0. The Balaban J connectivity index is 0.00000288. The average Bonchev–Trinajstić information content (AvgIpc) is 2.56. The summed E-state index contributed by atoms with van der Waals surface area (Å²) < 4.78 is 11.7. The largest absolute Gasteiger partial charge is 0.490 e. The van der Waals surface area contributed by atoms with E-state index >= 15 is 0 Å². The SMILES string of the molecule is C=CCNCc1cccc(OCC)c1OCc1ccccc1Cl.Cl. The van der Waals surface area contributed by atoms with Crippen molar-refractivity contribution in [1.29, 1.82) is 0 Å². The van der Waals surface area contributed by atoms with Crippen LogP contribution in [0.25, 0.3) is 0 Å². The quantitative estimate of drug-likeness (QED) is 0.498. The van der Waals surface area contributed by atoms with E-state index in [1.807, 2.05) is 55.5 Å². The fraction of sp³-hybridized carbons (Fsp3) is 0.263. The number of hydrogen-bond donors (Lipinski definition) is 1. The van der Waals surface area contributed by atoms with Gasteiger partial charge in [0.25, 0.3) is 0 Å². The number of benzene rings is 2. The molecule has 2 rings (SSSR count). The molecule has 5 heteroatoms. The molecule has 0 fully saturated rings. The Morgan fingerprint density at radius 1 is 1.08 bits per heavy atom. The molecule has 3 nitrogen and oxygen atoms in total. The van der Waals surface area contributed by atoms with Crippen LogP contribution in [0.3, 0.4) is 0 Å². The van der Waals surface area contributed by atoms with Gasteiger partial charge >= 0.3 is 0 Å². The van der Waals surface area contributed by atoms with Gasteiger partial charge in [-0.05, 0) is 19.1 Å². The van der Waals surface area contributed by atoms with E-state index in [1.165, 1.54) is 0 Å². The van der Waals surface area contributed by atoms with E-state index < -0.39 is 0 Å². The van der Waals surface area contributed by atoms with E-state index in [0.717, 1.165) is 29.2 Å². The molecule has 0 unspecified atom stereocenters. The molecule has 1 N–H and O–H groups in total. The first-order valence-electron chi connectivity index (χ1n) is 7.68. The first-order valence-corrected chi connectivity index (χ1v) is 8.06. The zero-order chi connectivity index (χ0) is 16.5. The maximum atomic E-state index is 6.20. The van der Waals surface area contributed by atoms with Gasteiger partial charge in [0.05, 0.1) is 6.61 Å². The van der Waals surface area contributed by atoms with Gasteiger partial charge in [-0.15, -0.1) is 19.0 Å². The van der Waals surface area contributed by atoms with Crippen LogP contribution in [0.4, 0.5) is 0 Å². The lowest BCUT2D eigenvalue weighted by Gasteiger charge is -2.16. The van der Waals surface area contributed by atoms with Crippen molar-refractivity contribution in [1.82, 2.24) is 5.32 Å². The molecule has 0 saturated heterocycles. The smallest absolute Gasteiger partial charge is 0.166 e. The molecule has 0 radical (unpaired) electrons. The predicted molar refractivity (Wildman–Crippen MR) is 103 cm³/mol. The fourth-order valence-electron chi connectivity index (χ4n) is 2.21.